The van der Waals surface area contributed by atoms with Crippen molar-refractivity contribution >= 4 is 51.5 Å². The second-order valence-electron chi connectivity index (χ2n) is 6.44. The van der Waals surface area contributed by atoms with Gasteiger partial charge in [-0.2, -0.15) is 18.4 Å². The first kappa shape index (κ1) is 22.7. The van der Waals surface area contributed by atoms with Crippen molar-refractivity contribution in [2.24, 2.45) is 4.99 Å². The number of nitriles is 1. The summed E-state index contributed by atoms with van der Waals surface area (Å²) in [5, 5.41) is 11.7. The fourth-order valence-electron chi connectivity index (χ4n) is 2.67. The molecular weight excluding hydrogens is 447 g/mol. The van der Waals surface area contributed by atoms with Gasteiger partial charge in [-0.25, -0.2) is 9.98 Å². The van der Waals surface area contributed by atoms with Crippen LogP contribution in [0.3, 0.4) is 0 Å². The van der Waals surface area contributed by atoms with Crippen molar-refractivity contribution in [3.8, 4) is 11.9 Å². The first-order valence-electron chi connectivity index (χ1n) is 9.12. The molecule has 1 aromatic heterocycles. The van der Waals surface area contributed by atoms with Gasteiger partial charge in [-0.15, -0.1) is 24.0 Å². The summed E-state index contributed by atoms with van der Waals surface area (Å²) in [5.74, 6) is 0.749. The van der Waals surface area contributed by atoms with Crippen LogP contribution in [0.1, 0.15) is 12.8 Å². The minimum absolute atomic E-state index is 0.0276. The highest BCUT2D eigenvalue weighted by atomic mass is 32.2. The molecule has 0 unspecified atom stereocenters. The fraction of sp³-hybridized carbons (Fsp3) is 0.250. The molecule has 2 aromatic carbocycles. The number of nitrogens with zero attached hydrogens (tertiary/aromatic N) is 4. The van der Waals surface area contributed by atoms with E-state index in [2.05, 4.69) is 27.9 Å². The predicted molar refractivity (Wildman–Crippen MR) is 118 cm³/mol. The molecule has 0 atom stereocenters. The SMILES string of the molecule is CN(/C(=N/c1ccc(OCCCC(F)(F)F)cc1)NC#N)c1ccc2nc(S)sc2c1. The molecule has 0 aliphatic heterocycles. The number of ether oxygens (including phenoxy) is 1. The minimum Gasteiger partial charge on any atom is -0.494 e. The van der Waals surface area contributed by atoms with Crippen LogP contribution < -0.4 is 15.0 Å². The van der Waals surface area contributed by atoms with Crippen molar-refractivity contribution in [2.75, 3.05) is 18.6 Å². The molecule has 162 valence electrons. The summed E-state index contributed by atoms with van der Waals surface area (Å²) in [6.45, 7) is -0.0276. The highest BCUT2D eigenvalue weighted by Gasteiger charge is 2.26. The molecule has 1 heterocycles. The van der Waals surface area contributed by atoms with Gasteiger partial charge < -0.3 is 9.64 Å². The van der Waals surface area contributed by atoms with Crippen LogP contribution in [0.25, 0.3) is 10.2 Å². The molecular formula is C20H18F3N5OS2. The fourth-order valence-corrected chi connectivity index (χ4v) is 3.81. The first-order chi connectivity index (χ1) is 14.7. The lowest BCUT2D eigenvalue weighted by atomic mass is 10.3. The lowest BCUT2D eigenvalue weighted by molar-refractivity contribution is -0.136. The van der Waals surface area contributed by atoms with Crippen molar-refractivity contribution in [2.45, 2.75) is 23.4 Å². The molecule has 11 heteroatoms. The molecule has 3 rings (SSSR count). The first-order valence-corrected chi connectivity index (χ1v) is 10.4. The van der Waals surface area contributed by atoms with Gasteiger partial charge in [0.15, 0.2) is 6.19 Å². The number of rotatable bonds is 6. The van der Waals surface area contributed by atoms with Crippen LogP contribution in [0.2, 0.25) is 0 Å². The molecule has 0 spiro atoms. The number of nitrogens with one attached hydrogen (secondary N) is 1. The Morgan fingerprint density at radius 3 is 2.71 bits per heavy atom. The average molecular weight is 466 g/mol. The Hall–Kier alpha value is -2.97. The number of alkyl halides is 3. The number of anilines is 1. The van der Waals surface area contributed by atoms with Gasteiger partial charge in [0, 0.05) is 19.2 Å². The maximum Gasteiger partial charge on any atom is 0.389 e. The van der Waals surface area contributed by atoms with E-state index in [-0.39, 0.29) is 13.0 Å². The molecule has 0 radical (unpaired) electrons. The van der Waals surface area contributed by atoms with E-state index in [1.165, 1.54) is 11.3 Å². The Morgan fingerprint density at radius 2 is 2.03 bits per heavy atom. The van der Waals surface area contributed by atoms with E-state index >= 15 is 0 Å². The summed E-state index contributed by atoms with van der Waals surface area (Å²) in [6.07, 6.45) is -3.30. The number of benzene rings is 2. The molecule has 0 saturated heterocycles. The minimum atomic E-state index is -4.18. The zero-order chi connectivity index (χ0) is 22.4. The molecule has 0 fully saturated rings. The van der Waals surface area contributed by atoms with Gasteiger partial charge in [0.25, 0.3) is 0 Å². The van der Waals surface area contributed by atoms with Gasteiger partial charge in [0.05, 0.1) is 22.5 Å². The summed E-state index contributed by atoms with van der Waals surface area (Å²) < 4.78 is 43.5. The van der Waals surface area contributed by atoms with Crippen molar-refractivity contribution in [3.63, 3.8) is 0 Å². The van der Waals surface area contributed by atoms with Gasteiger partial charge in [0.2, 0.25) is 5.96 Å². The molecule has 3 aromatic rings. The number of thiol groups is 1. The van der Waals surface area contributed by atoms with Gasteiger partial charge in [-0.1, -0.05) is 0 Å². The highest BCUT2D eigenvalue weighted by Crippen LogP contribution is 2.29. The maximum atomic E-state index is 12.2. The van der Waals surface area contributed by atoms with E-state index in [0.717, 1.165) is 15.9 Å². The Labute approximate surface area is 186 Å². The molecule has 0 amide bonds. The molecule has 0 saturated carbocycles. The van der Waals surface area contributed by atoms with E-state index < -0.39 is 12.6 Å². The maximum absolute atomic E-state index is 12.2. The number of aromatic nitrogens is 1. The smallest absolute Gasteiger partial charge is 0.389 e. The van der Waals surface area contributed by atoms with Crippen LogP contribution in [0.15, 0.2) is 51.8 Å². The summed E-state index contributed by atoms with van der Waals surface area (Å²) >= 11 is 5.72. The van der Waals surface area contributed by atoms with Crippen LogP contribution in [0, 0.1) is 11.5 Å². The lowest BCUT2D eigenvalue weighted by Crippen LogP contribution is -2.36. The number of halogens is 3. The van der Waals surface area contributed by atoms with Gasteiger partial charge >= 0.3 is 6.18 Å². The van der Waals surface area contributed by atoms with Crippen molar-refractivity contribution in [3.05, 3.63) is 42.5 Å². The summed E-state index contributed by atoms with van der Waals surface area (Å²) in [4.78, 5) is 10.5. The number of hydrogen-bond acceptors (Lipinski definition) is 6. The van der Waals surface area contributed by atoms with Crippen LogP contribution >= 0.6 is 24.0 Å². The molecule has 0 bridgehead atoms. The molecule has 0 aliphatic carbocycles. The average Bonchev–Trinajstić information content (AvgIpc) is 3.10. The molecule has 6 nitrogen and oxygen atoms in total. The highest BCUT2D eigenvalue weighted by molar-refractivity contribution is 7.82. The Morgan fingerprint density at radius 1 is 1.29 bits per heavy atom. The van der Waals surface area contributed by atoms with Gasteiger partial charge in [0.1, 0.15) is 10.1 Å². The topological polar surface area (TPSA) is 73.5 Å². The van der Waals surface area contributed by atoms with Gasteiger partial charge in [-0.05, 0) is 48.9 Å². The molecule has 1 N–H and O–H groups in total. The van der Waals surface area contributed by atoms with Crippen molar-refractivity contribution < 1.29 is 17.9 Å². The van der Waals surface area contributed by atoms with E-state index in [4.69, 9.17) is 10.00 Å². The zero-order valence-corrected chi connectivity index (χ0v) is 18.1. The van der Waals surface area contributed by atoms with E-state index in [9.17, 15) is 13.2 Å². The molecule has 0 aliphatic rings. The Kier molecular flexibility index (Phi) is 7.25. The van der Waals surface area contributed by atoms with Gasteiger partial charge in [-0.3, -0.25) is 5.32 Å². The third-order valence-electron chi connectivity index (χ3n) is 4.18. The lowest BCUT2D eigenvalue weighted by Gasteiger charge is -2.20. The number of thiazole rings is 1. The number of hydrogen-bond donors (Lipinski definition) is 2. The van der Waals surface area contributed by atoms with Crippen LogP contribution in [-0.2, 0) is 0 Å². The van der Waals surface area contributed by atoms with E-state index in [0.29, 0.717) is 21.7 Å². The number of guanidine groups is 1. The Bertz CT molecular complexity index is 1110. The summed E-state index contributed by atoms with van der Waals surface area (Å²) in [7, 11) is 1.77. The standard InChI is InChI=1S/C20H18F3N5OS2/c1-28(14-5-8-16-17(11-14)31-19(30)27-16)18(25-12-24)26-13-3-6-15(7-4-13)29-10-2-9-20(21,22)23/h3-8,11H,2,9-10H2,1H3,(H,25,26)(H,27,30). The molecule has 31 heavy (non-hydrogen) atoms. The summed E-state index contributed by atoms with van der Waals surface area (Å²) in [5.41, 5.74) is 2.18. The summed E-state index contributed by atoms with van der Waals surface area (Å²) in [6, 6.07) is 12.2. The predicted octanol–water partition coefficient (Wildman–Crippen LogP) is 5.50. The Balaban J connectivity index is 1.71. The van der Waals surface area contributed by atoms with Crippen LogP contribution in [0.4, 0.5) is 24.5 Å². The normalized spacial score (nSPS) is 11.9. The van der Waals surface area contributed by atoms with Crippen LogP contribution in [-0.4, -0.2) is 30.8 Å². The van der Waals surface area contributed by atoms with Crippen molar-refractivity contribution in [1.29, 1.82) is 5.26 Å². The number of aliphatic imine (C=N–C) groups is 1. The zero-order valence-electron chi connectivity index (χ0n) is 16.3. The number of fused-ring (bicyclic) bond motifs is 1. The second kappa shape index (κ2) is 9.89. The third kappa shape index (κ3) is 6.50. The third-order valence-corrected chi connectivity index (χ3v) is 5.37. The van der Waals surface area contributed by atoms with Crippen LogP contribution in [0.5, 0.6) is 5.75 Å². The monoisotopic (exact) mass is 465 g/mol. The quantitative estimate of drug-likeness (QED) is 0.126. The van der Waals surface area contributed by atoms with Crippen molar-refractivity contribution in [1.82, 2.24) is 10.3 Å². The largest absolute Gasteiger partial charge is 0.494 e. The van der Waals surface area contributed by atoms with E-state index in [1.807, 2.05) is 24.4 Å². The van der Waals surface area contributed by atoms with E-state index in [1.54, 1.807) is 36.2 Å². The second-order valence-corrected chi connectivity index (χ2v) is 8.20.